The van der Waals surface area contributed by atoms with Crippen LogP contribution in [0.2, 0.25) is 0 Å². The van der Waals surface area contributed by atoms with E-state index in [1.807, 2.05) is 5.43 Å². The Hall–Kier alpha value is -6.18. The second kappa shape index (κ2) is 23.4. The van der Waals surface area contributed by atoms with Crippen LogP contribution in [0.4, 0.5) is 52.7 Å². The Morgan fingerprint density at radius 2 is 1.11 bits per heavy atom. The number of allylic oxidation sites excluding steroid dienone is 2. The van der Waals surface area contributed by atoms with Crippen molar-refractivity contribution in [3.05, 3.63) is 82.7 Å². The van der Waals surface area contributed by atoms with Gasteiger partial charge < -0.3 is 42.5 Å². The zero-order chi connectivity index (χ0) is 53.4. The van der Waals surface area contributed by atoms with Crippen LogP contribution in [0.5, 0.6) is 0 Å². The van der Waals surface area contributed by atoms with Gasteiger partial charge in [0.05, 0.1) is 23.0 Å². The van der Waals surface area contributed by atoms with Gasteiger partial charge in [-0.3, -0.25) is 24.6 Å². The summed E-state index contributed by atoms with van der Waals surface area (Å²) in [5, 5.41) is 37.3. The van der Waals surface area contributed by atoms with Gasteiger partial charge in [0.15, 0.2) is 0 Å². The molecule has 71 heavy (non-hydrogen) atoms. The molecule has 2 fully saturated rings. The number of alkyl halides is 10. The van der Waals surface area contributed by atoms with E-state index in [1.165, 1.54) is 24.3 Å². The number of carbonyl (C=O) groups excluding carboxylic acids is 4. The number of rotatable bonds is 25. The third kappa shape index (κ3) is 15.4. The Labute approximate surface area is 399 Å². The average Bonchev–Trinajstić information content (AvgIpc) is 4.20. The van der Waals surface area contributed by atoms with Crippen molar-refractivity contribution in [1.82, 2.24) is 37.0 Å². The number of hydrogen-bond acceptors (Lipinski definition) is 10. The molecule has 0 saturated heterocycles. The number of carbonyl (C=O) groups is 4. The maximum absolute atomic E-state index is 15.9. The van der Waals surface area contributed by atoms with Crippen molar-refractivity contribution in [1.29, 1.82) is 10.8 Å². The number of hydrogen-bond donors (Lipinski definition) is 9. The molecule has 0 bridgehead atoms. The number of halogens is 12. The lowest BCUT2D eigenvalue weighted by Gasteiger charge is -2.38. The van der Waals surface area contributed by atoms with Gasteiger partial charge in [-0.2, -0.15) is 43.9 Å². The normalized spacial score (nSPS) is 16.7. The van der Waals surface area contributed by atoms with Gasteiger partial charge in [-0.05, 0) is 88.6 Å². The summed E-state index contributed by atoms with van der Waals surface area (Å²) in [5.41, 5.74) is -5.64. The van der Waals surface area contributed by atoms with Crippen molar-refractivity contribution in [2.45, 2.75) is 116 Å². The molecule has 392 valence electrons. The van der Waals surface area contributed by atoms with Gasteiger partial charge in [0, 0.05) is 66.5 Å². The van der Waals surface area contributed by atoms with E-state index in [2.05, 4.69) is 16.0 Å². The van der Waals surface area contributed by atoms with Crippen LogP contribution in [0.3, 0.4) is 0 Å². The van der Waals surface area contributed by atoms with Crippen molar-refractivity contribution in [2.24, 2.45) is 22.7 Å². The lowest BCUT2D eigenvalue weighted by atomic mass is 9.82. The Balaban J connectivity index is 1.84. The lowest BCUT2D eigenvalue weighted by Crippen LogP contribution is -2.64. The molecule has 0 heterocycles. The molecule has 2 saturated carbocycles. The molecule has 0 aromatic heterocycles. The van der Waals surface area contributed by atoms with E-state index in [0.29, 0.717) is 70.1 Å². The molecule has 4 atom stereocenters. The van der Waals surface area contributed by atoms with E-state index in [1.54, 1.807) is 10.6 Å². The van der Waals surface area contributed by atoms with E-state index in [-0.39, 0.29) is 29.5 Å². The molecule has 2 aliphatic rings. The molecule has 2 aromatic carbocycles. The standard InChI is InChI=1S/C45H53F12N9O5/c1-42(2,44(52,53)54)34(63-36(68)24-9-10-24)38(70)62-32(13-22-5-7-23(8-6-22)27(16-58)18-60-40(48)49)33(67)21-66(20-29-30(46)14-26(15-31(29)47)28(17-59)19-61-41(50)51)65-39(71)35(43(3,4)45(55,56)57)64-37(69)25-11-12-25/h5-8,14-19,24-25,32-35,40-41,58-61,67H,9-13,20-21H2,1-4H3,(H,62,70)(H,63,68)(H,64,69)(H,65,71)/b27-18+,28-19+,58-16?,59-17?/t32-,33-,34+,35+/m0/s1. The summed E-state index contributed by atoms with van der Waals surface area (Å²) in [7, 11) is 0. The van der Waals surface area contributed by atoms with Crippen LogP contribution >= 0.6 is 0 Å². The first kappa shape index (κ1) is 57.4. The Morgan fingerprint density at radius 1 is 0.690 bits per heavy atom. The quantitative estimate of drug-likeness (QED) is 0.0233. The molecular weight excluding hydrogens is 975 g/mol. The lowest BCUT2D eigenvalue weighted by molar-refractivity contribution is -0.222. The van der Waals surface area contributed by atoms with Crippen molar-refractivity contribution in [3.8, 4) is 0 Å². The Bertz CT molecular complexity index is 2290. The number of hydrazine groups is 1. The minimum absolute atomic E-state index is 0.0560. The van der Waals surface area contributed by atoms with E-state index >= 15 is 8.78 Å². The number of nitrogens with one attached hydrogen (secondary N) is 8. The van der Waals surface area contributed by atoms with Crippen molar-refractivity contribution in [2.75, 3.05) is 6.54 Å². The van der Waals surface area contributed by atoms with E-state index in [0.717, 1.165) is 12.4 Å². The number of amides is 4. The highest BCUT2D eigenvalue weighted by molar-refractivity contribution is 6.08. The van der Waals surface area contributed by atoms with Crippen LogP contribution in [0.25, 0.3) is 11.1 Å². The molecule has 14 nitrogen and oxygen atoms in total. The van der Waals surface area contributed by atoms with Crippen LogP contribution in [0.15, 0.2) is 48.8 Å². The zero-order valence-electron chi connectivity index (χ0n) is 38.4. The van der Waals surface area contributed by atoms with E-state index < -0.39 is 144 Å². The summed E-state index contributed by atoms with van der Waals surface area (Å²) >= 11 is 0. The largest absolute Gasteiger partial charge is 0.396 e. The van der Waals surface area contributed by atoms with Crippen LogP contribution in [0, 0.1) is 45.1 Å². The summed E-state index contributed by atoms with van der Waals surface area (Å²) < 4.78 is 171. The fraction of sp³-hybridized carbons (Fsp3) is 0.511. The first-order valence-corrected chi connectivity index (χ1v) is 21.8. The molecule has 4 amide bonds. The van der Waals surface area contributed by atoms with Crippen LogP contribution in [-0.2, 0) is 32.1 Å². The fourth-order valence-corrected chi connectivity index (χ4v) is 6.88. The molecule has 0 aliphatic heterocycles. The van der Waals surface area contributed by atoms with E-state index in [4.69, 9.17) is 10.8 Å². The first-order valence-electron chi connectivity index (χ1n) is 21.8. The van der Waals surface area contributed by atoms with E-state index in [9.17, 15) is 68.2 Å². The third-order valence-corrected chi connectivity index (χ3v) is 12.0. The van der Waals surface area contributed by atoms with Gasteiger partial charge in [0.1, 0.15) is 23.7 Å². The minimum atomic E-state index is -5.20. The number of nitrogens with zero attached hydrogens (tertiary/aromatic N) is 1. The molecule has 4 rings (SSSR count). The highest BCUT2D eigenvalue weighted by atomic mass is 19.4. The van der Waals surface area contributed by atoms with Gasteiger partial charge in [0.25, 0.3) is 5.91 Å². The molecule has 26 heteroatoms. The molecule has 2 aromatic rings. The zero-order valence-corrected chi connectivity index (χ0v) is 38.4. The SMILES string of the molecule is CC(C)([C@H](NC(=O)C1CC1)C(=O)N[C@@H](Cc1ccc(/C(C=N)=C/NC(F)F)cc1)[C@@H](O)CN(Cc1c(F)cc(/C(C=N)=C/NC(F)F)cc1F)NC(=O)[C@@H](NC(=O)C1CC1)C(C)(C)C(F)(F)F)C(F)(F)F. The summed E-state index contributed by atoms with van der Waals surface area (Å²) in [4.78, 5) is 53.9. The second-order valence-electron chi connectivity index (χ2n) is 18.2. The second-order valence-corrected chi connectivity index (χ2v) is 18.2. The van der Waals surface area contributed by atoms with Gasteiger partial charge in [-0.1, -0.05) is 24.3 Å². The molecule has 2 aliphatic carbocycles. The highest BCUT2D eigenvalue weighted by Crippen LogP contribution is 2.43. The molecule has 9 N–H and O–H groups in total. The van der Waals surface area contributed by atoms with Crippen molar-refractivity contribution >= 4 is 47.2 Å². The predicted octanol–water partition coefficient (Wildman–Crippen LogP) is 6.46. The molecule has 0 unspecified atom stereocenters. The Kier molecular flexibility index (Phi) is 18.9. The summed E-state index contributed by atoms with van der Waals surface area (Å²) in [6, 6.07) is -0.261. The van der Waals surface area contributed by atoms with Gasteiger partial charge in [-0.25, -0.2) is 13.8 Å². The van der Waals surface area contributed by atoms with Gasteiger partial charge in [0.2, 0.25) is 17.7 Å². The molecule has 0 radical (unpaired) electrons. The topological polar surface area (TPSA) is 212 Å². The van der Waals surface area contributed by atoms with Crippen LogP contribution in [0.1, 0.15) is 75.6 Å². The number of aliphatic hydroxyl groups excluding tert-OH is 1. The minimum Gasteiger partial charge on any atom is -0.390 e. The van der Waals surface area contributed by atoms with Crippen LogP contribution < -0.4 is 32.0 Å². The highest BCUT2D eigenvalue weighted by Gasteiger charge is 2.57. The molecule has 0 spiro atoms. The Morgan fingerprint density at radius 3 is 1.51 bits per heavy atom. The third-order valence-electron chi connectivity index (χ3n) is 12.0. The van der Waals surface area contributed by atoms with Crippen molar-refractivity contribution < 1.29 is 77.0 Å². The van der Waals surface area contributed by atoms with Crippen LogP contribution in [-0.4, -0.2) is 102 Å². The maximum atomic E-state index is 15.9. The smallest absolute Gasteiger partial charge is 0.390 e. The number of benzene rings is 2. The molecular formula is C45H53F12N9O5. The van der Waals surface area contributed by atoms with Gasteiger partial charge in [-0.15, -0.1) is 0 Å². The monoisotopic (exact) mass is 1030 g/mol. The summed E-state index contributed by atoms with van der Waals surface area (Å²) in [6.07, 6.45) is -9.32. The average molecular weight is 1030 g/mol. The van der Waals surface area contributed by atoms with Gasteiger partial charge >= 0.3 is 25.5 Å². The van der Waals surface area contributed by atoms with Crippen molar-refractivity contribution in [3.63, 3.8) is 0 Å². The number of aliphatic hydroxyl groups is 1. The summed E-state index contributed by atoms with van der Waals surface area (Å²) in [5.74, 6) is -9.40. The fourth-order valence-electron chi connectivity index (χ4n) is 6.88. The maximum Gasteiger partial charge on any atom is 0.396 e. The summed E-state index contributed by atoms with van der Waals surface area (Å²) in [6.45, 7) is -6.09. The first-order chi connectivity index (χ1) is 32.9. The predicted molar refractivity (Wildman–Crippen MR) is 234 cm³/mol.